The highest BCUT2D eigenvalue weighted by atomic mass is 16.7. The van der Waals surface area contributed by atoms with E-state index in [1.807, 2.05) is 0 Å². The molecule has 0 aromatic heterocycles. The standard InChI is InChI=1S/C16H29BO2/c1(10-16-18-12-5-13-19-16)2-11-17-14-6-3-7-15(17)9-4-8-14/h14-16H,1-13H2. The maximum Gasteiger partial charge on any atom is 0.157 e. The number of unbranched alkanes of at least 4 members (excludes halogenated alkanes) is 1. The van der Waals surface area contributed by atoms with Crippen LogP contribution < -0.4 is 0 Å². The van der Waals surface area contributed by atoms with E-state index in [1.165, 1.54) is 57.7 Å². The first kappa shape index (κ1) is 13.9. The fraction of sp³-hybridized carbons (Fsp3) is 1.00. The van der Waals surface area contributed by atoms with E-state index in [-0.39, 0.29) is 6.29 Å². The van der Waals surface area contributed by atoms with Crippen molar-refractivity contribution in [3.63, 3.8) is 0 Å². The predicted molar refractivity (Wildman–Crippen MR) is 79.9 cm³/mol. The van der Waals surface area contributed by atoms with Gasteiger partial charge < -0.3 is 9.47 Å². The summed E-state index contributed by atoms with van der Waals surface area (Å²) in [7, 11) is 0. The van der Waals surface area contributed by atoms with Crippen molar-refractivity contribution in [3.8, 4) is 0 Å². The van der Waals surface area contributed by atoms with Crippen molar-refractivity contribution in [1.29, 1.82) is 0 Å². The van der Waals surface area contributed by atoms with Crippen LogP contribution in [0.15, 0.2) is 0 Å². The summed E-state index contributed by atoms with van der Waals surface area (Å²) in [4.78, 5) is 0. The van der Waals surface area contributed by atoms with Crippen LogP contribution in [0.4, 0.5) is 0 Å². The fourth-order valence-electron chi connectivity index (χ4n) is 4.68. The van der Waals surface area contributed by atoms with Gasteiger partial charge in [-0.25, -0.2) is 0 Å². The van der Waals surface area contributed by atoms with Gasteiger partial charge in [0, 0.05) is 0 Å². The van der Waals surface area contributed by atoms with Crippen LogP contribution in [0.2, 0.25) is 18.0 Å². The van der Waals surface area contributed by atoms with Gasteiger partial charge >= 0.3 is 0 Å². The maximum absolute atomic E-state index is 5.62. The lowest BCUT2D eigenvalue weighted by molar-refractivity contribution is -0.181. The normalized spacial score (nSPS) is 32.5. The fourth-order valence-corrected chi connectivity index (χ4v) is 4.68. The van der Waals surface area contributed by atoms with Crippen molar-refractivity contribution in [2.45, 2.75) is 88.5 Å². The average Bonchev–Trinajstić information content (AvgIpc) is 2.44. The minimum atomic E-state index is 0.111. The summed E-state index contributed by atoms with van der Waals surface area (Å²) < 4.78 is 11.2. The quantitative estimate of drug-likeness (QED) is 0.536. The number of hydrogen-bond acceptors (Lipinski definition) is 2. The summed E-state index contributed by atoms with van der Waals surface area (Å²) in [5, 5.41) is 0. The van der Waals surface area contributed by atoms with Gasteiger partial charge in [-0.2, -0.15) is 0 Å². The summed E-state index contributed by atoms with van der Waals surface area (Å²) in [5.74, 6) is 2.16. The highest BCUT2D eigenvalue weighted by molar-refractivity contribution is 6.62. The zero-order chi connectivity index (χ0) is 12.9. The molecule has 3 saturated heterocycles. The molecule has 0 radical (unpaired) electrons. The molecule has 3 fully saturated rings. The number of fused-ring (bicyclic) bond motifs is 2. The molecule has 0 spiro atoms. The van der Waals surface area contributed by atoms with Crippen molar-refractivity contribution in [3.05, 3.63) is 0 Å². The van der Waals surface area contributed by atoms with Crippen LogP contribution in [0.1, 0.15) is 64.2 Å². The molecule has 3 rings (SSSR count). The van der Waals surface area contributed by atoms with Gasteiger partial charge in [0.05, 0.1) is 13.2 Å². The van der Waals surface area contributed by atoms with Gasteiger partial charge in [-0.3, -0.25) is 0 Å². The number of hydrogen-bond donors (Lipinski definition) is 0. The Bertz CT molecular complexity index is 243. The second kappa shape index (κ2) is 7.13. The Morgan fingerprint density at radius 3 is 2.05 bits per heavy atom. The maximum atomic E-state index is 5.62. The third-order valence-electron chi connectivity index (χ3n) is 5.63. The molecule has 0 saturated carbocycles. The summed E-state index contributed by atoms with van der Waals surface area (Å²) in [5.41, 5.74) is 0. The topological polar surface area (TPSA) is 18.5 Å². The highest BCUT2D eigenvalue weighted by Crippen LogP contribution is 2.48. The molecule has 3 heterocycles. The molecule has 3 aliphatic rings. The Kier molecular flexibility index (Phi) is 5.23. The Balaban J connectivity index is 1.35. The average molecular weight is 264 g/mol. The smallest absolute Gasteiger partial charge is 0.157 e. The molecule has 0 atom stereocenters. The van der Waals surface area contributed by atoms with Crippen molar-refractivity contribution < 1.29 is 9.47 Å². The van der Waals surface area contributed by atoms with Crippen molar-refractivity contribution in [2.75, 3.05) is 13.2 Å². The first-order valence-electron chi connectivity index (χ1n) is 8.66. The lowest BCUT2D eigenvalue weighted by atomic mass is 9.26. The Labute approximate surface area is 118 Å². The molecule has 0 amide bonds. The van der Waals surface area contributed by atoms with Crippen molar-refractivity contribution in [1.82, 2.24) is 0 Å². The lowest BCUT2D eigenvalue weighted by Gasteiger charge is -2.40. The van der Waals surface area contributed by atoms with E-state index in [9.17, 15) is 0 Å². The van der Waals surface area contributed by atoms with E-state index >= 15 is 0 Å². The summed E-state index contributed by atoms with van der Waals surface area (Å²) in [6.45, 7) is 2.87. The first-order chi connectivity index (χ1) is 9.43. The molecule has 0 aliphatic carbocycles. The molecule has 3 aliphatic heterocycles. The summed E-state index contributed by atoms with van der Waals surface area (Å²) in [6, 6.07) is 0. The van der Waals surface area contributed by atoms with Gasteiger partial charge in [0.1, 0.15) is 6.71 Å². The van der Waals surface area contributed by atoms with E-state index < -0.39 is 0 Å². The SMILES string of the molecule is C1COC(CCCCB2C3CCCC2CCC3)OC1. The molecule has 0 N–H and O–H groups in total. The highest BCUT2D eigenvalue weighted by Gasteiger charge is 2.38. The second-order valence-corrected chi connectivity index (χ2v) is 6.85. The molecule has 0 aromatic rings. The van der Waals surface area contributed by atoms with Gasteiger partial charge in [-0.05, 0) is 19.3 Å². The monoisotopic (exact) mass is 264 g/mol. The molecular formula is C16H29BO2. The molecule has 0 aromatic carbocycles. The van der Waals surface area contributed by atoms with E-state index in [0.717, 1.165) is 44.4 Å². The molecule has 0 unspecified atom stereocenters. The Hall–Kier alpha value is -0.0151. The van der Waals surface area contributed by atoms with Crippen molar-refractivity contribution >= 4 is 6.71 Å². The largest absolute Gasteiger partial charge is 0.353 e. The first-order valence-corrected chi connectivity index (χ1v) is 8.66. The van der Waals surface area contributed by atoms with Crippen LogP contribution in [0.25, 0.3) is 0 Å². The van der Waals surface area contributed by atoms with Crippen molar-refractivity contribution in [2.24, 2.45) is 0 Å². The van der Waals surface area contributed by atoms with Gasteiger partial charge in [0.2, 0.25) is 0 Å². The van der Waals surface area contributed by atoms with E-state index in [4.69, 9.17) is 9.47 Å². The van der Waals surface area contributed by atoms with Gasteiger partial charge in [0.15, 0.2) is 6.29 Å². The minimum absolute atomic E-state index is 0.111. The number of rotatable bonds is 5. The third-order valence-corrected chi connectivity index (χ3v) is 5.63. The lowest BCUT2D eigenvalue weighted by Crippen LogP contribution is -2.34. The van der Waals surface area contributed by atoms with Gasteiger partial charge in [-0.15, -0.1) is 0 Å². The van der Waals surface area contributed by atoms with E-state index in [1.54, 1.807) is 0 Å². The predicted octanol–water partition coefficient (Wildman–Crippen LogP) is 4.52. The zero-order valence-electron chi connectivity index (χ0n) is 12.3. The summed E-state index contributed by atoms with van der Waals surface area (Å²) in [6.07, 6.45) is 15.6. The van der Waals surface area contributed by atoms with Crippen LogP contribution in [-0.4, -0.2) is 26.2 Å². The molecule has 3 heteroatoms. The zero-order valence-corrected chi connectivity index (χ0v) is 12.3. The minimum Gasteiger partial charge on any atom is -0.353 e. The second-order valence-electron chi connectivity index (χ2n) is 6.85. The van der Waals surface area contributed by atoms with Crippen LogP contribution >= 0.6 is 0 Å². The van der Waals surface area contributed by atoms with Gasteiger partial charge in [0.25, 0.3) is 0 Å². The van der Waals surface area contributed by atoms with E-state index in [2.05, 4.69) is 0 Å². The molecule has 108 valence electrons. The Morgan fingerprint density at radius 1 is 0.789 bits per heavy atom. The third kappa shape index (κ3) is 3.75. The van der Waals surface area contributed by atoms with Crippen LogP contribution in [-0.2, 0) is 9.47 Å². The summed E-state index contributed by atoms with van der Waals surface area (Å²) >= 11 is 0. The van der Waals surface area contributed by atoms with Crippen LogP contribution in [0, 0.1) is 0 Å². The molecule has 2 nitrogen and oxygen atoms in total. The molecule has 19 heavy (non-hydrogen) atoms. The van der Waals surface area contributed by atoms with Crippen LogP contribution in [0.3, 0.4) is 0 Å². The molecular weight excluding hydrogens is 235 g/mol. The van der Waals surface area contributed by atoms with Crippen LogP contribution in [0.5, 0.6) is 0 Å². The molecule has 2 bridgehead atoms. The van der Waals surface area contributed by atoms with E-state index in [0.29, 0.717) is 0 Å². The van der Waals surface area contributed by atoms with Gasteiger partial charge in [-0.1, -0.05) is 62.9 Å². The Morgan fingerprint density at radius 2 is 1.42 bits per heavy atom. The number of ether oxygens (including phenoxy) is 2.